The average Bonchev–Trinajstić information content (AvgIpc) is 2.89. The third-order valence-electron chi connectivity index (χ3n) is 5.45. The molecule has 1 saturated heterocycles. The van der Waals surface area contributed by atoms with E-state index in [4.69, 9.17) is 23.2 Å². The molecule has 0 unspecified atom stereocenters. The van der Waals surface area contributed by atoms with Gasteiger partial charge in [-0.2, -0.15) is 0 Å². The minimum atomic E-state index is -0.502. The van der Waals surface area contributed by atoms with Crippen LogP contribution in [0.1, 0.15) is 31.0 Å². The van der Waals surface area contributed by atoms with E-state index in [1.165, 1.54) is 0 Å². The first-order chi connectivity index (χ1) is 13.8. The van der Waals surface area contributed by atoms with Crippen molar-refractivity contribution in [2.75, 3.05) is 9.80 Å². The second kappa shape index (κ2) is 7.40. The van der Waals surface area contributed by atoms with Gasteiger partial charge in [-0.1, -0.05) is 53.0 Å². The topological polar surface area (TPSA) is 23.6 Å². The largest absolute Gasteiger partial charge is 0.330 e. The smallest absolute Gasteiger partial charge is 0.286 e. The fourth-order valence-corrected chi connectivity index (χ4v) is 4.45. The molecule has 3 nitrogen and oxygen atoms in total. The molecule has 1 aliphatic rings. The molecule has 29 heavy (non-hydrogen) atoms. The summed E-state index contributed by atoms with van der Waals surface area (Å²) in [5, 5.41) is 1.28. The zero-order valence-corrected chi connectivity index (χ0v) is 18.1. The second-order valence-electron chi connectivity index (χ2n) is 7.91. The summed E-state index contributed by atoms with van der Waals surface area (Å²) in [7, 11) is 0. The first kappa shape index (κ1) is 19.8. The van der Waals surface area contributed by atoms with E-state index in [-0.39, 0.29) is 12.1 Å². The maximum absolute atomic E-state index is 13.7. The Balaban J connectivity index is 1.90. The fourth-order valence-electron chi connectivity index (χ4n) is 4.19. The van der Waals surface area contributed by atoms with Gasteiger partial charge in [0.1, 0.15) is 0 Å². The van der Waals surface area contributed by atoms with Crippen LogP contribution in [0, 0.1) is 6.92 Å². The van der Waals surface area contributed by atoms with Crippen LogP contribution < -0.4 is 9.80 Å². The second-order valence-corrected chi connectivity index (χ2v) is 8.78. The Bertz CT molecular complexity index is 1050. The SMILES string of the molecule is Cc1cccc([C@@H]2N(c3ccc(Cl)cc3)C(=O)N(c3ccc(Cl)cc3)C2(C)C)c1. The van der Waals surface area contributed by atoms with Gasteiger partial charge in [0, 0.05) is 21.4 Å². The average molecular weight is 425 g/mol. The Hall–Kier alpha value is -2.49. The zero-order chi connectivity index (χ0) is 20.8. The third-order valence-corrected chi connectivity index (χ3v) is 5.95. The van der Waals surface area contributed by atoms with Crippen molar-refractivity contribution < 1.29 is 4.79 Å². The molecule has 5 heteroatoms. The summed E-state index contributed by atoms with van der Waals surface area (Å²) in [6.45, 7) is 6.27. The van der Waals surface area contributed by atoms with Crippen molar-refractivity contribution in [1.29, 1.82) is 0 Å². The number of benzene rings is 3. The lowest BCUT2D eigenvalue weighted by Crippen LogP contribution is -2.43. The first-order valence-corrected chi connectivity index (χ1v) is 10.3. The molecule has 0 aliphatic carbocycles. The maximum Gasteiger partial charge on any atom is 0.330 e. The van der Waals surface area contributed by atoms with Gasteiger partial charge in [-0.25, -0.2) is 4.79 Å². The maximum atomic E-state index is 13.7. The Morgan fingerprint density at radius 1 is 0.828 bits per heavy atom. The lowest BCUT2D eigenvalue weighted by atomic mass is 9.87. The van der Waals surface area contributed by atoms with Crippen LogP contribution in [0.2, 0.25) is 10.0 Å². The highest BCUT2D eigenvalue weighted by molar-refractivity contribution is 6.31. The van der Waals surface area contributed by atoms with E-state index in [1.807, 2.05) is 64.4 Å². The fraction of sp³-hybridized carbons (Fsp3) is 0.208. The molecule has 1 fully saturated rings. The molecular formula is C24H22Cl2N2O. The van der Waals surface area contributed by atoms with E-state index in [9.17, 15) is 4.79 Å². The lowest BCUT2D eigenvalue weighted by Gasteiger charge is -2.35. The quantitative estimate of drug-likeness (QED) is 0.433. The van der Waals surface area contributed by atoms with Gasteiger partial charge in [-0.15, -0.1) is 0 Å². The van der Waals surface area contributed by atoms with E-state index in [1.54, 1.807) is 0 Å². The zero-order valence-electron chi connectivity index (χ0n) is 16.6. The summed E-state index contributed by atoms with van der Waals surface area (Å²) in [5.41, 5.74) is 3.38. The van der Waals surface area contributed by atoms with Gasteiger partial charge in [-0.3, -0.25) is 9.80 Å². The summed E-state index contributed by atoms with van der Waals surface area (Å²) in [6.07, 6.45) is 0. The highest BCUT2D eigenvalue weighted by Crippen LogP contribution is 2.47. The van der Waals surface area contributed by atoms with Crippen LogP contribution in [-0.2, 0) is 0 Å². The van der Waals surface area contributed by atoms with Gasteiger partial charge >= 0.3 is 6.03 Å². The molecule has 3 aromatic carbocycles. The Morgan fingerprint density at radius 2 is 1.38 bits per heavy atom. The number of amides is 2. The van der Waals surface area contributed by atoms with E-state index < -0.39 is 5.54 Å². The molecule has 4 rings (SSSR count). The number of carbonyl (C=O) groups is 1. The Morgan fingerprint density at radius 3 is 1.93 bits per heavy atom. The summed E-state index contributed by atoms with van der Waals surface area (Å²) >= 11 is 12.2. The van der Waals surface area contributed by atoms with Crippen molar-refractivity contribution in [3.8, 4) is 0 Å². The summed E-state index contributed by atoms with van der Waals surface area (Å²) in [6, 6.07) is 22.9. The highest BCUT2D eigenvalue weighted by atomic mass is 35.5. The van der Waals surface area contributed by atoms with Crippen molar-refractivity contribution in [3.05, 3.63) is 94.0 Å². The predicted molar refractivity (Wildman–Crippen MR) is 121 cm³/mol. The van der Waals surface area contributed by atoms with Crippen LogP contribution in [0.3, 0.4) is 0 Å². The number of nitrogens with zero attached hydrogens (tertiary/aromatic N) is 2. The van der Waals surface area contributed by atoms with Crippen molar-refractivity contribution in [3.63, 3.8) is 0 Å². The molecule has 1 heterocycles. The van der Waals surface area contributed by atoms with Crippen molar-refractivity contribution in [1.82, 2.24) is 0 Å². The van der Waals surface area contributed by atoms with Gasteiger partial charge in [0.2, 0.25) is 0 Å². The molecule has 1 atom stereocenters. The lowest BCUT2D eigenvalue weighted by molar-refractivity contribution is 0.254. The molecule has 0 spiro atoms. The molecule has 0 saturated carbocycles. The number of anilines is 2. The van der Waals surface area contributed by atoms with Crippen molar-refractivity contribution in [2.45, 2.75) is 32.4 Å². The van der Waals surface area contributed by atoms with Gasteiger partial charge in [-0.05, 0) is 74.9 Å². The number of hydrogen-bond donors (Lipinski definition) is 0. The first-order valence-electron chi connectivity index (χ1n) is 9.50. The van der Waals surface area contributed by atoms with Crippen LogP contribution in [-0.4, -0.2) is 11.6 Å². The molecule has 1 aliphatic heterocycles. The van der Waals surface area contributed by atoms with Crippen LogP contribution in [0.25, 0.3) is 0 Å². The van der Waals surface area contributed by atoms with Gasteiger partial charge in [0.05, 0.1) is 11.6 Å². The third kappa shape index (κ3) is 3.50. The van der Waals surface area contributed by atoms with E-state index in [0.29, 0.717) is 10.0 Å². The minimum Gasteiger partial charge on any atom is -0.286 e. The van der Waals surface area contributed by atoms with Crippen LogP contribution in [0.5, 0.6) is 0 Å². The number of urea groups is 1. The van der Waals surface area contributed by atoms with Crippen LogP contribution >= 0.6 is 23.2 Å². The molecule has 3 aromatic rings. The van der Waals surface area contributed by atoms with Crippen molar-refractivity contribution >= 4 is 40.6 Å². The number of hydrogen-bond acceptors (Lipinski definition) is 1. The molecular weight excluding hydrogens is 403 g/mol. The van der Waals surface area contributed by atoms with E-state index in [2.05, 4.69) is 39.0 Å². The monoisotopic (exact) mass is 424 g/mol. The number of halogens is 2. The van der Waals surface area contributed by atoms with Gasteiger partial charge in [0.25, 0.3) is 0 Å². The van der Waals surface area contributed by atoms with E-state index in [0.717, 1.165) is 22.5 Å². The molecule has 0 N–H and O–H groups in total. The predicted octanol–water partition coefficient (Wildman–Crippen LogP) is 7.27. The molecule has 0 aromatic heterocycles. The minimum absolute atomic E-state index is 0.0776. The summed E-state index contributed by atoms with van der Waals surface area (Å²) in [4.78, 5) is 17.5. The van der Waals surface area contributed by atoms with E-state index >= 15 is 0 Å². The summed E-state index contributed by atoms with van der Waals surface area (Å²) < 4.78 is 0. The molecule has 0 radical (unpaired) electrons. The molecule has 0 bridgehead atoms. The number of carbonyl (C=O) groups excluding carboxylic acids is 1. The Labute approximate surface area is 181 Å². The van der Waals surface area contributed by atoms with Crippen LogP contribution in [0.4, 0.5) is 16.2 Å². The Kier molecular flexibility index (Phi) is 5.05. The summed E-state index contributed by atoms with van der Waals surface area (Å²) in [5.74, 6) is 0. The normalized spacial score (nSPS) is 18.4. The van der Waals surface area contributed by atoms with Gasteiger partial charge in [0.15, 0.2) is 0 Å². The highest BCUT2D eigenvalue weighted by Gasteiger charge is 2.53. The van der Waals surface area contributed by atoms with Gasteiger partial charge < -0.3 is 0 Å². The van der Waals surface area contributed by atoms with Crippen molar-refractivity contribution in [2.24, 2.45) is 0 Å². The molecule has 2 amide bonds. The standard InChI is InChI=1S/C24H22Cl2N2O/c1-16-5-4-6-17(15-16)22-24(2,3)28(21-13-9-19(26)10-14-21)23(29)27(22)20-11-7-18(25)8-12-20/h4-15,22H,1-3H3/t22-/m0/s1. The van der Waals surface area contributed by atoms with Crippen LogP contribution in [0.15, 0.2) is 72.8 Å². The number of aryl methyl sites for hydroxylation is 1. The molecule has 148 valence electrons. The number of rotatable bonds is 3.